The van der Waals surface area contributed by atoms with Crippen LogP contribution >= 0.6 is 27.5 Å². The largest absolute Gasteiger partial charge is 0.406 e. The van der Waals surface area contributed by atoms with Gasteiger partial charge < -0.3 is 9.73 Å². The van der Waals surface area contributed by atoms with Crippen molar-refractivity contribution in [2.75, 3.05) is 5.32 Å². The SMILES string of the molecule is CC(Cl)c1nnc(Nc2c(F)cccc2Br)o1. The van der Waals surface area contributed by atoms with Crippen molar-refractivity contribution in [3.63, 3.8) is 0 Å². The van der Waals surface area contributed by atoms with Gasteiger partial charge in [-0.05, 0) is 35.0 Å². The van der Waals surface area contributed by atoms with Crippen molar-refractivity contribution in [2.45, 2.75) is 12.3 Å². The fraction of sp³-hybridized carbons (Fsp3) is 0.200. The van der Waals surface area contributed by atoms with Crippen LogP contribution in [0.2, 0.25) is 0 Å². The van der Waals surface area contributed by atoms with Crippen LogP contribution in [0.1, 0.15) is 18.2 Å². The third kappa shape index (κ3) is 2.76. The van der Waals surface area contributed by atoms with E-state index < -0.39 is 5.82 Å². The standard InChI is InChI=1S/C10H8BrClFN3O/c1-5(12)9-15-16-10(17-9)14-8-6(11)3-2-4-7(8)13/h2-5H,1H3,(H,14,16). The molecule has 4 nitrogen and oxygen atoms in total. The Labute approximate surface area is 110 Å². The van der Waals surface area contributed by atoms with Crippen LogP contribution in [0.25, 0.3) is 0 Å². The molecule has 0 fully saturated rings. The van der Waals surface area contributed by atoms with Gasteiger partial charge in [0.2, 0.25) is 5.89 Å². The number of para-hydroxylation sites is 1. The Bertz CT molecular complexity index is 512. The van der Waals surface area contributed by atoms with Crippen molar-refractivity contribution in [1.29, 1.82) is 0 Å². The van der Waals surface area contributed by atoms with Gasteiger partial charge in [-0.2, -0.15) is 0 Å². The van der Waals surface area contributed by atoms with Crippen LogP contribution in [0.3, 0.4) is 0 Å². The highest BCUT2D eigenvalue weighted by molar-refractivity contribution is 9.10. The molecule has 1 N–H and O–H groups in total. The monoisotopic (exact) mass is 319 g/mol. The molecule has 0 radical (unpaired) electrons. The Morgan fingerprint density at radius 2 is 2.24 bits per heavy atom. The number of hydrogen-bond acceptors (Lipinski definition) is 4. The molecule has 0 aliphatic carbocycles. The third-order valence-corrected chi connectivity index (χ3v) is 2.82. The zero-order valence-electron chi connectivity index (χ0n) is 8.75. The molecule has 17 heavy (non-hydrogen) atoms. The number of halogens is 3. The van der Waals surface area contributed by atoms with E-state index in [4.69, 9.17) is 16.0 Å². The highest BCUT2D eigenvalue weighted by Crippen LogP contribution is 2.29. The van der Waals surface area contributed by atoms with Crippen molar-refractivity contribution in [1.82, 2.24) is 10.2 Å². The Morgan fingerprint density at radius 3 is 2.82 bits per heavy atom. The summed E-state index contributed by atoms with van der Waals surface area (Å²) >= 11 is 9.00. The van der Waals surface area contributed by atoms with Crippen LogP contribution in [0.15, 0.2) is 27.1 Å². The number of nitrogens with one attached hydrogen (secondary N) is 1. The molecule has 2 rings (SSSR count). The molecule has 0 aliphatic heterocycles. The number of anilines is 2. The van der Waals surface area contributed by atoms with Crippen LogP contribution < -0.4 is 5.32 Å². The minimum absolute atomic E-state index is 0.0956. The second-order valence-electron chi connectivity index (χ2n) is 3.28. The van der Waals surface area contributed by atoms with Gasteiger partial charge in [0, 0.05) is 4.47 Å². The maximum Gasteiger partial charge on any atom is 0.320 e. The van der Waals surface area contributed by atoms with Crippen molar-refractivity contribution in [3.05, 3.63) is 34.4 Å². The Kier molecular flexibility index (Phi) is 3.63. The van der Waals surface area contributed by atoms with Crippen LogP contribution in [0.5, 0.6) is 0 Å². The van der Waals surface area contributed by atoms with Gasteiger partial charge in [-0.15, -0.1) is 16.7 Å². The molecule has 1 unspecified atom stereocenters. The number of rotatable bonds is 3. The van der Waals surface area contributed by atoms with Crippen molar-refractivity contribution >= 4 is 39.2 Å². The first-order valence-electron chi connectivity index (χ1n) is 4.76. The first kappa shape index (κ1) is 12.3. The van der Waals surface area contributed by atoms with Gasteiger partial charge in [0.05, 0.1) is 5.69 Å². The zero-order chi connectivity index (χ0) is 12.4. The van der Waals surface area contributed by atoms with Gasteiger partial charge in [-0.1, -0.05) is 11.2 Å². The highest BCUT2D eigenvalue weighted by Gasteiger charge is 2.13. The molecule has 1 heterocycles. The summed E-state index contributed by atoms with van der Waals surface area (Å²) in [6.45, 7) is 1.71. The second kappa shape index (κ2) is 5.01. The van der Waals surface area contributed by atoms with Crippen molar-refractivity contribution < 1.29 is 8.81 Å². The fourth-order valence-corrected chi connectivity index (χ4v) is 1.70. The molecule has 0 bridgehead atoms. The maximum atomic E-state index is 13.5. The van der Waals surface area contributed by atoms with E-state index >= 15 is 0 Å². The van der Waals surface area contributed by atoms with Gasteiger partial charge in [0.25, 0.3) is 0 Å². The molecule has 1 atom stereocenters. The van der Waals surface area contributed by atoms with E-state index in [1.165, 1.54) is 6.07 Å². The molecule has 90 valence electrons. The van der Waals surface area contributed by atoms with E-state index in [-0.39, 0.29) is 23.0 Å². The zero-order valence-corrected chi connectivity index (χ0v) is 11.1. The normalized spacial score (nSPS) is 12.5. The predicted octanol–water partition coefficient (Wildman–Crippen LogP) is 4.01. The van der Waals surface area contributed by atoms with E-state index in [0.717, 1.165) is 0 Å². The lowest BCUT2D eigenvalue weighted by Crippen LogP contribution is -1.95. The summed E-state index contributed by atoms with van der Waals surface area (Å²) in [5, 5.41) is 9.75. The van der Waals surface area contributed by atoms with Crippen molar-refractivity contribution in [3.8, 4) is 0 Å². The molecule has 7 heteroatoms. The maximum absolute atomic E-state index is 13.5. The number of aromatic nitrogens is 2. The number of alkyl halides is 1. The molecule has 0 amide bonds. The van der Waals surface area contributed by atoms with E-state index in [2.05, 4.69) is 31.4 Å². The summed E-state index contributed by atoms with van der Waals surface area (Å²) in [5.74, 6) is -0.139. The molecule has 2 aromatic rings. The van der Waals surface area contributed by atoms with Crippen LogP contribution in [-0.2, 0) is 0 Å². The van der Waals surface area contributed by atoms with Gasteiger partial charge in [-0.25, -0.2) is 4.39 Å². The smallest absolute Gasteiger partial charge is 0.320 e. The molecule has 1 aromatic heterocycles. The lowest BCUT2D eigenvalue weighted by Gasteiger charge is -2.04. The van der Waals surface area contributed by atoms with E-state index in [1.54, 1.807) is 19.1 Å². The average molecular weight is 321 g/mol. The molecule has 0 spiro atoms. The molecular weight excluding hydrogens is 312 g/mol. The second-order valence-corrected chi connectivity index (χ2v) is 4.79. The van der Waals surface area contributed by atoms with Crippen LogP contribution in [0, 0.1) is 5.82 Å². The molecule has 0 saturated carbocycles. The summed E-state index contributed by atoms with van der Waals surface area (Å²) in [7, 11) is 0. The first-order chi connectivity index (χ1) is 8.08. The first-order valence-corrected chi connectivity index (χ1v) is 5.99. The number of benzene rings is 1. The summed E-state index contributed by atoms with van der Waals surface area (Å²) in [5.41, 5.74) is 0.241. The van der Waals surface area contributed by atoms with Crippen molar-refractivity contribution in [2.24, 2.45) is 0 Å². The minimum Gasteiger partial charge on any atom is -0.406 e. The van der Waals surface area contributed by atoms with Gasteiger partial charge in [-0.3, -0.25) is 0 Å². The Balaban J connectivity index is 2.25. The summed E-state index contributed by atoms with van der Waals surface area (Å²) in [4.78, 5) is 0. The summed E-state index contributed by atoms with van der Waals surface area (Å²) in [6, 6.07) is 4.71. The quantitative estimate of drug-likeness (QED) is 0.868. The van der Waals surface area contributed by atoms with Gasteiger partial charge >= 0.3 is 6.01 Å². The molecule has 0 saturated heterocycles. The predicted molar refractivity (Wildman–Crippen MR) is 65.9 cm³/mol. The molecular formula is C10H8BrClFN3O. The topological polar surface area (TPSA) is 51.0 Å². The molecule has 0 aliphatic rings. The fourth-order valence-electron chi connectivity index (χ4n) is 1.17. The van der Waals surface area contributed by atoms with Crippen LogP contribution in [-0.4, -0.2) is 10.2 Å². The Morgan fingerprint density at radius 1 is 1.47 bits per heavy atom. The van der Waals surface area contributed by atoms with Gasteiger partial charge in [0.15, 0.2) is 0 Å². The summed E-state index contributed by atoms with van der Waals surface area (Å²) in [6.07, 6.45) is 0. The third-order valence-electron chi connectivity index (χ3n) is 1.98. The average Bonchev–Trinajstić information content (AvgIpc) is 2.72. The molecule has 1 aromatic carbocycles. The van der Waals surface area contributed by atoms with E-state index in [0.29, 0.717) is 4.47 Å². The minimum atomic E-state index is -0.418. The van der Waals surface area contributed by atoms with Gasteiger partial charge in [0.1, 0.15) is 11.2 Å². The number of nitrogens with zero attached hydrogens (tertiary/aromatic N) is 2. The number of hydrogen-bond donors (Lipinski definition) is 1. The van der Waals surface area contributed by atoms with Crippen LogP contribution in [0.4, 0.5) is 16.1 Å². The van der Waals surface area contributed by atoms with E-state index in [1.807, 2.05) is 0 Å². The summed E-state index contributed by atoms with van der Waals surface area (Å²) < 4.78 is 19.3. The highest BCUT2D eigenvalue weighted by atomic mass is 79.9. The Hall–Kier alpha value is -1.14. The van der Waals surface area contributed by atoms with E-state index in [9.17, 15) is 4.39 Å². The lowest BCUT2D eigenvalue weighted by molar-refractivity contribution is 0.509. The lowest BCUT2D eigenvalue weighted by atomic mass is 10.3.